The Labute approximate surface area is 184 Å². The number of hydrogen-bond acceptors (Lipinski definition) is 9. The van der Waals surface area contributed by atoms with Gasteiger partial charge in [-0.3, -0.25) is 0 Å². The molecule has 0 radical (unpaired) electrons. The van der Waals surface area contributed by atoms with Crippen LogP contribution in [0.5, 0.6) is 34.5 Å². The van der Waals surface area contributed by atoms with Crippen molar-refractivity contribution in [3.8, 4) is 45.6 Å². The number of aromatic nitrogens is 1. The third kappa shape index (κ3) is 3.08. The number of nitrogens with zero attached hydrogens (tertiary/aromatic N) is 1. The van der Waals surface area contributed by atoms with Gasteiger partial charge < -0.3 is 33.2 Å². The molecule has 2 aromatic carbocycles. The summed E-state index contributed by atoms with van der Waals surface area (Å²) in [5, 5.41) is 0.567. The van der Waals surface area contributed by atoms with Crippen LogP contribution in [0, 0.1) is 0 Å². The van der Waals surface area contributed by atoms with Gasteiger partial charge in [-0.2, -0.15) is 0 Å². The molecule has 9 nitrogen and oxygen atoms in total. The minimum absolute atomic E-state index is 0.0677. The molecule has 0 spiro atoms. The lowest BCUT2D eigenvalue weighted by Crippen LogP contribution is -2.04. The van der Waals surface area contributed by atoms with Crippen LogP contribution in [0.3, 0.4) is 0 Å². The van der Waals surface area contributed by atoms with E-state index < -0.39 is 5.97 Å². The molecule has 0 atom stereocenters. The molecule has 0 amide bonds. The van der Waals surface area contributed by atoms with Gasteiger partial charge in [-0.15, -0.1) is 0 Å². The first-order valence-corrected chi connectivity index (χ1v) is 9.65. The van der Waals surface area contributed by atoms with Crippen molar-refractivity contribution in [1.29, 1.82) is 0 Å². The Kier molecular flexibility index (Phi) is 5.56. The van der Waals surface area contributed by atoms with Gasteiger partial charge in [0, 0.05) is 11.6 Å². The zero-order valence-corrected chi connectivity index (χ0v) is 18.7. The van der Waals surface area contributed by atoms with Crippen molar-refractivity contribution in [2.75, 3.05) is 42.7 Å². The van der Waals surface area contributed by atoms with E-state index in [2.05, 4.69) is 4.98 Å². The Morgan fingerprint density at radius 3 is 1.81 bits per heavy atom. The maximum Gasteiger partial charge on any atom is 0.341 e. The number of methoxy groups -OCH3 is 6. The molecule has 0 saturated heterocycles. The van der Waals surface area contributed by atoms with E-state index in [9.17, 15) is 4.79 Å². The molecule has 0 aliphatic carbocycles. The van der Waals surface area contributed by atoms with Gasteiger partial charge in [-0.25, -0.2) is 9.78 Å². The van der Waals surface area contributed by atoms with Crippen LogP contribution < -0.4 is 28.4 Å². The fraction of sp³-hybridized carbons (Fsp3) is 0.304. The van der Waals surface area contributed by atoms with Crippen molar-refractivity contribution in [2.45, 2.75) is 6.61 Å². The second-order valence-electron chi connectivity index (χ2n) is 6.84. The van der Waals surface area contributed by atoms with Crippen molar-refractivity contribution >= 4 is 16.9 Å². The van der Waals surface area contributed by atoms with Gasteiger partial charge in [0.1, 0.15) is 6.61 Å². The molecule has 0 saturated carbocycles. The largest absolute Gasteiger partial charge is 0.493 e. The highest BCUT2D eigenvalue weighted by atomic mass is 16.5. The van der Waals surface area contributed by atoms with Crippen LogP contribution >= 0.6 is 0 Å². The van der Waals surface area contributed by atoms with E-state index in [1.165, 1.54) is 42.7 Å². The van der Waals surface area contributed by atoms with Crippen LogP contribution in [0.15, 0.2) is 18.2 Å². The topological polar surface area (TPSA) is 94.6 Å². The lowest BCUT2D eigenvalue weighted by molar-refractivity contribution is 0.0534. The summed E-state index contributed by atoms with van der Waals surface area (Å²) in [5.41, 5.74) is 2.61. The Bertz CT molecular complexity index is 1200. The first-order valence-electron chi connectivity index (χ1n) is 9.65. The second-order valence-corrected chi connectivity index (χ2v) is 6.84. The Hall–Kier alpha value is -3.88. The zero-order valence-electron chi connectivity index (χ0n) is 18.7. The van der Waals surface area contributed by atoms with Gasteiger partial charge in [0.2, 0.25) is 11.5 Å². The number of rotatable bonds is 7. The predicted octanol–water partition coefficient (Wildman–Crippen LogP) is 3.62. The molecule has 2 heterocycles. The quantitative estimate of drug-likeness (QED) is 0.510. The minimum Gasteiger partial charge on any atom is -0.493 e. The number of hydrogen-bond donors (Lipinski definition) is 0. The third-order valence-corrected chi connectivity index (χ3v) is 5.35. The normalized spacial score (nSPS) is 12.2. The molecule has 0 unspecified atom stereocenters. The molecule has 0 N–H and O–H groups in total. The van der Waals surface area contributed by atoms with Crippen LogP contribution in [-0.2, 0) is 11.3 Å². The fourth-order valence-electron chi connectivity index (χ4n) is 3.99. The number of carbonyl (C=O) groups excluding carboxylic acids is 1. The van der Waals surface area contributed by atoms with Gasteiger partial charge in [0.05, 0.1) is 64.8 Å². The Balaban J connectivity index is 2.20. The van der Waals surface area contributed by atoms with Gasteiger partial charge in [-0.1, -0.05) is 0 Å². The number of cyclic esters (lactones) is 1. The summed E-state index contributed by atoms with van der Waals surface area (Å²) in [7, 11) is 9.14. The Morgan fingerprint density at radius 2 is 1.28 bits per heavy atom. The number of carbonyl (C=O) groups is 1. The molecule has 32 heavy (non-hydrogen) atoms. The summed E-state index contributed by atoms with van der Waals surface area (Å²) in [5.74, 6) is 2.03. The SMILES string of the molecule is COc1cc(-c2c3c(nc4cc(OC)c(OC)c(OC)c24)COC3=O)cc(OC)c1OC. The average Bonchev–Trinajstić information content (AvgIpc) is 3.20. The maximum atomic E-state index is 12.8. The highest BCUT2D eigenvalue weighted by molar-refractivity contribution is 6.12. The molecule has 3 aromatic rings. The molecule has 1 aliphatic heterocycles. The number of benzene rings is 2. The highest BCUT2D eigenvalue weighted by Gasteiger charge is 2.33. The van der Waals surface area contributed by atoms with Gasteiger partial charge in [0.15, 0.2) is 23.0 Å². The monoisotopic (exact) mass is 441 g/mol. The van der Waals surface area contributed by atoms with Gasteiger partial charge in [0.25, 0.3) is 0 Å². The van der Waals surface area contributed by atoms with Crippen LogP contribution in [-0.4, -0.2) is 53.6 Å². The molecule has 9 heteroatoms. The summed E-state index contributed by atoms with van der Waals surface area (Å²) in [6.07, 6.45) is 0. The lowest BCUT2D eigenvalue weighted by atomic mass is 9.93. The zero-order chi connectivity index (χ0) is 23.0. The summed E-state index contributed by atoms with van der Waals surface area (Å²) in [6.45, 7) is 0.0677. The Morgan fingerprint density at radius 1 is 0.719 bits per heavy atom. The molecule has 1 aromatic heterocycles. The van der Waals surface area contributed by atoms with Crippen molar-refractivity contribution in [3.05, 3.63) is 29.5 Å². The van der Waals surface area contributed by atoms with Crippen molar-refractivity contribution in [3.63, 3.8) is 0 Å². The fourth-order valence-corrected chi connectivity index (χ4v) is 3.99. The molecule has 0 bridgehead atoms. The number of fused-ring (bicyclic) bond motifs is 2. The van der Waals surface area contributed by atoms with Crippen LogP contribution in [0.2, 0.25) is 0 Å². The van der Waals surface area contributed by atoms with E-state index in [4.69, 9.17) is 33.2 Å². The molecular weight excluding hydrogens is 418 g/mol. The van der Waals surface area contributed by atoms with Crippen molar-refractivity contribution in [1.82, 2.24) is 4.98 Å². The number of ether oxygens (including phenoxy) is 7. The molecule has 0 fully saturated rings. The summed E-state index contributed by atoms with van der Waals surface area (Å²) >= 11 is 0. The molecular formula is C23H23NO8. The lowest BCUT2D eigenvalue weighted by Gasteiger charge is -2.19. The number of pyridine rings is 1. The molecule has 4 rings (SSSR count). The smallest absolute Gasteiger partial charge is 0.341 e. The summed E-state index contributed by atoms with van der Waals surface area (Å²) in [4.78, 5) is 17.4. The third-order valence-electron chi connectivity index (χ3n) is 5.35. The highest BCUT2D eigenvalue weighted by Crippen LogP contribution is 2.50. The number of esters is 1. The standard InChI is InChI=1S/C23H23NO8/c1-26-14-7-11(8-15(27-2)20(14)29-4)17-18-12(24-13-10-32-23(25)19(13)17)9-16(28-3)21(30-5)22(18)31-6/h7-9H,10H2,1-6H3. The van der Waals surface area contributed by atoms with E-state index in [0.29, 0.717) is 67.8 Å². The van der Waals surface area contributed by atoms with Crippen LogP contribution in [0.4, 0.5) is 0 Å². The van der Waals surface area contributed by atoms with E-state index in [0.717, 1.165) is 0 Å². The maximum absolute atomic E-state index is 12.8. The van der Waals surface area contributed by atoms with E-state index >= 15 is 0 Å². The molecule has 168 valence electrons. The second kappa shape index (κ2) is 8.33. The minimum atomic E-state index is -0.477. The first-order chi connectivity index (χ1) is 15.5. The van der Waals surface area contributed by atoms with Crippen molar-refractivity contribution < 1.29 is 38.0 Å². The van der Waals surface area contributed by atoms with E-state index in [1.54, 1.807) is 18.2 Å². The molecule has 1 aliphatic rings. The van der Waals surface area contributed by atoms with Gasteiger partial charge >= 0.3 is 5.97 Å². The average molecular weight is 441 g/mol. The van der Waals surface area contributed by atoms with E-state index in [-0.39, 0.29) is 6.61 Å². The van der Waals surface area contributed by atoms with Crippen molar-refractivity contribution in [2.24, 2.45) is 0 Å². The van der Waals surface area contributed by atoms with Crippen LogP contribution in [0.1, 0.15) is 16.1 Å². The predicted molar refractivity (Wildman–Crippen MR) is 116 cm³/mol. The summed E-state index contributed by atoms with van der Waals surface area (Å²) in [6, 6.07) is 5.26. The van der Waals surface area contributed by atoms with E-state index in [1.807, 2.05) is 0 Å². The van der Waals surface area contributed by atoms with Crippen LogP contribution in [0.25, 0.3) is 22.0 Å². The summed E-state index contributed by atoms with van der Waals surface area (Å²) < 4.78 is 38.6. The van der Waals surface area contributed by atoms with Gasteiger partial charge in [-0.05, 0) is 17.7 Å². The first kappa shape index (κ1) is 21.4.